The van der Waals surface area contributed by atoms with Crippen molar-refractivity contribution in [3.63, 3.8) is 0 Å². The summed E-state index contributed by atoms with van der Waals surface area (Å²) < 4.78 is 0. The molecule has 3 N–H and O–H groups in total. The molecule has 0 aromatic heterocycles. The molecule has 1 fully saturated rings. The number of nitrogens with two attached hydrogens (primary N) is 1. The quantitative estimate of drug-likeness (QED) is 0.619. The van der Waals surface area contributed by atoms with Crippen LogP contribution in [0.5, 0.6) is 0 Å². The molecular formula is C8H18N2O. The minimum atomic E-state index is -0.211. The molecule has 0 spiro atoms. The average Bonchev–Trinajstić information content (AvgIpc) is 2.41. The number of nitrogens with one attached hydrogen (secondary N) is 1. The van der Waals surface area contributed by atoms with Crippen LogP contribution in [0.1, 0.15) is 32.6 Å². The summed E-state index contributed by atoms with van der Waals surface area (Å²) in [6.07, 6.45) is 4.15. The van der Waals surface area contributed by atoms with Crippen molar-refractivity contribution in [3.8, 4) is 0 Å². The van der Waals surface area contributed by atoms with E-state index in [0.717, 1.165) is 6.42 Å². The summed E-state index contributed by atoms with van der Waals surface area (Å²) in [6.45, 7) is 4.42. The maximum absolute atomic E-state index is 9.82. The standard InChI is InChI=1S/C4H9NO.C4H9N/c1-2-3-4(5)6;1-2-4-5-3-1/h2-3H2,1H3,(H2,5,6);5H,1-4H2. The second-order valence-corrected chi connectivity index (χ2v) is 2.67. The molecule has 0 bridgehead atoms. The van der Waals surface area contributed by atoms with Gasteiger partial charge in [-0.1, -0.05) is 6.92 Å². The van der Waals surface area contributed by atoms with Crippen molar-refractivity contribution in [2.45, 2.75) is 32.6 Å². The van der Waals surface area contributed by atoms with Gasteiger partial charge in [-0.3, -0.25) is 4.79 Å². The molecule has 0 unspecified atom stereocenters. The van der Waals surface area contributed by atoms with Crippen molar-refractivity contribution in [2.75, 3.05) is 13.1 Å². The average molecular weight is 158 g/mol. The molecule has 11 heavy (non-hydrogen) atoms. The molecule has 0 radical (unpaired) electrons. The molecule has 0 saturated carbocycles. The van der Waals surface area contributed by atoms with Crippen LogP contribution >= 0.6 is 0 Å². The second-order valence-electron chi connectivity index (χ2n) is 2.67. The molecule has 0 aromatic rings. The second kappa shape index (κ2) is 7.54. The lowest BCUT2D eigenvalue weighted by Gasteiger charge is -1.81. The van der Waals surface area contributed by atoms with Gasteiger partial charge in [-0.25, -0.2) is 0 Å². The van der Waals surface area contributed by atoms with Crippen LogP contribution < -0.4 is 11.1 Å². The van der Waals surface area contributed by atoms with E-state index in [2.05, 4.69) is 5.32 Å². The van der Waals surface area contributed by atoms with Gasteiger partial charge in [0, 0.05) is 6.42 Å². The number of primary amides is 1. The molecule has 1 saturated heterocycles. The Labute approximate surface area is 68.3 Å². The molecule has 3 nitrogen and oxygen atoms in total. The van der Waals surface area contributed by atoms with E-state index < -0.39 is 0 Å². The Kier molecular flexibility index (Phi) is 7.15. The van der Waals surface area contributed by atoms with Gasteiger partial charge < -0.3 is 11.1 Å². The summed E-state index contributed by atoms with van der Waals surface area (Å²) in [5, 5.41) is 3.22. The van der Waals surface area contributed by atoms with Gasteiger partial charge in [0.25, 0.3) is 0 Å². The lowest BCUT2D eigenvalue weighted by molar-refractivity contribution is -0.118. The topological polar surface area (TPSA) is 55.1 Å². The van der Waals surface area contributed by atoms with Gasteiger partial charge in [-0.05, 0) is 32.4 Å². The Balaban J connectivity index is 0.000000183. The summed E-state index contributed by atoms with van der Waals surface area (Å²) in [5.74, 6) is -0.211. The van der Waals surface area contributed by atoms with Gasteiger partial charge in [-0.2, -0.15) is 0 Å². The highest BCUT2D eigenvalue weighted by Gasteiger charge is 1.93. The molecule has 66 valence electrons. The van der Waals surface area contributed by atoms with Crippen LogP contribution in [0.3, 0.4) is 0 Å². The van der Waals surface area contributed by atoms with Gasteiger partial charge in [0.05, 0.1) is 0 Å². The van der Waals surface area contributed by atoms with E-state index in [9.17, 15) is 4.79 Å². The highest BCUT2D eigenvalue weighted by molar-refractivity contribution is 5.73. The van der Waals surface area contributed by atoms with E-state index in [1.165, 1.54) is 25.9 Å². The van der Waals surface area contributed by atoms with Crippen LogP contribution in [0.2, 0.25) is 0 Å². The first-order chi connectivity index (χ1) is 5.27. The van der Waals surface area contributed by atoms with E-state index in [0.29, 0.717) is 6.42 Å². The zero-order valence-electron chi connectivity index (χ0n) is 7.23. The van der Waals surface area contributed by atoms with Crippen LogP contribution in [0, 0.1) is 0 Å². The fourth-order valence-electron chi connectivity index (χ4n) is 0.871. The van der Waals surface area contributed by atoms with Crippen molar-refractivity contribution < 1.29 is 4.79 Å². The number of amides is 1. The molecule has 1 heterocycles. The number of rotatable bonds is 2. The Morgan fingerprint density at radius 1 is 1.45 bits per heavy atom. The highest BCUT2D eigenvalue weighted by Crippen LogP contribution is 1.90. The molecule has 1 aliphatic rings. The van der Waals surface area contributed by atoms with Crippen molar-refractivity contribution in [1.29, 1.82) is 0 Å². The van der Waals surface area contributed by atoms with Crippen LogP contribution in [-0.4, -0.2) is 19.0 Å². The minimum absolute atomic E-state index is 0.211. The van der Waals surface area contributed by atoms with Crippen LogP contribution in [0.25, 0.3) is 0 Å². The van der Waals surface area contributed by atoms with Gasteiger partial charge in [0.15, 0.2) is 0 Å². The molecule has 0 atom stereocenters. The largest absolute Gasteiger partial charge is 0.370 e. The Morgan fingerprint density at radius 2 is 2.00 bits per heavy atom. The third-order valence-electron chi connectivity index (χ3n) is 1.45. The zero-order chi connectivity index (χ0) is 8.53. The summed E-state index contributed by atoms with van der Waals surface area (Å²) >= 11 is 0. The number of hydrogen-bond donors (Lipinski definition) is 2. The molecule has 0 aromatic carbocycles. The predicted octanol–water partition coefficient (Wildman–Crippen LogP) is 0.642. The van der Waals surface area contributed by atoms with E-state index in [1.54, 1.807) is 0 Å². The first-order valence-electron chi connectivity index (χ1n) is 4.26. The van der Waals surface area contributed by atoms with E-state index in [4.69, 9.17) is 5.73 Å². The maximum Gasteiger partial charge on any atom is 0.217 e. The molecule has 0 aliphatic carbocycles. The smallest absolute Gasteiger partial charge is 0.217 e. The first-order valence-corrected chi connectivity index (χ1v) is 4.26. The Bertz CT molecular complexity index is 92.7. The fraction of sp³-hybridized carbons (Fsp3) is 0.875. The first kappa shape index (κ1) is 10.4. The fourth-order valence-corrected chi connectivity index (χ4v) is 0.871. The molecule has 1 aliphatic heterocycles. The maximum atomic E-state index is 9.82. The van der Waals surface area contributed by atoms with Crippen molar-refractivity contribution in [1.82, 2.24) is 5.32 Å². The molecule has 1 rings (SSSR count). The van der Waals surface area contributed by atoms with Gasteiger partial charge in [0.2, 0.25) is 5.91 Å². The summed E-state index contributed by atoms with van der Waals surface area (Å²) in [6, 6.07) is 0. The number of carbonyl (C=O) groups is 1. The zero-order valence-corrected chi connectivity index (χ0v) is 7.23. The third kappa shape index (κ3) is 9.43. The molecule has 3 heteroatoms. The number of hydrogen-bond acceptors (Lipinski definition) is 2. The van der Waals surface area contributed by atoms with E-state index >= 15 is 0 Å². The lowest BCUT2D eigenvalue weighted by atomic mass is 10.3. The van der Waals surface area contributed by atoms with E-state index in [1.807, 2.05) is 6.92 Å². The van der Waals surface area contributed by atoms with Crippen molar-refractivity contribution in [2.24, 2.45) is 5.73 Å². The van der Waals surface area contributed by atoms with Crippen LogP contribution in [-0.2, 0) is 4.79 Å². The van der Waals surface area contributed by atoms with E-state index in [-0.39, 0.29) is 5.91 Å². The third-order valence-corrected chi connectivity index (χ3v) is 1.45. The highest BCUT2D eigenvalue weighted by atomic mass is 16.1. The van der Waals surface area contributed by atoms with Gasteiger partial charge in [-0.15, -0.1) is 0 Å². The number of carbonyl (C=O) groups excluding carboxylic acids is 1. The Morgan fingerprint density at radius 3 is 2.09 bits per heavy atom. The van der Waals surface area contributed by atoms with Crippen molar-refractivity contribution >= 4 is 5.91 Å². The normalized spacial score (nSPS) is 15.4. The summed E-state index contributed by atoms with van der Waals surface area (Å²) in [4.78, 5) is 9.82. The minimum Gasteiger partial charge on any atom is -0.370 e. The monoisotopic (exact) mass is 158 g/mol. The summed E-state index contributed by atoms with van der Waals surface area (Å²) in [5.41, 5.74) is 4.76. The predicted molar refractivity (Wildman–Crippen MR) is 46.2 cm³/mol. The lowest BCUT2D eigenvalue weighted by Crippen LogP contribution is -2.08. The van der Waals surface area contributed by atoms with Crippen molar-refractivity contribution in [3.05, 3.63) is 0 Å². The van der Waals surface area contributed by atoms with Gasteiger partial charge >= 0.3 is 0 Å². The van der Waals surface area contributed by atoms with Crippen LogP contribution in [0.4, 0.5) is 0 Å². The van der Waals surface area contributed by atoms with Crippen LogP contribution in [0.15, 0.2) is 0 Å². The SMILES string of the molecule is C1CCNC1.CCCC(N)=O. The Hall–Kier alpha value is -0.570. The molecule has 1 amide bonds. The van der Waals surface area contributed by atoms with Gasteiger partial charge in [0.1, 0.15) is 0 Å². The molecular weight excluding hydrogens is 140 g/mol. The summed E-state index contributed by atoms with van der Waals surface area (Å²) in [7, 11) is 0.